The molecule has 2 heterocycles. The quantitative estimate of drug-likeness (QED) is 0.364. The molecule has 2 aromatic rings. The van der Waals surface area contributed by atoms with E-state index in [2.05, 4.69) is 27.7 Å². The van der Waals surface area contributed by atoms with E-state index >= 15 is 0 Å². The fraction of sp³-hybridized carbons (Fsp3) is 0.500. The lowest BCUT2D eigenvalue weighted by Gasteiger charge is -2.33. The molecule has 2 aliphatic heterocycles. The third kappa shape index (κ3) is 7.68. The van der Waals surface area contributed by atoms with E-state index in [1.807, 2.05) is 38.1 Å². The van der Waals surface area contributed by atoms with Crippen molar-refractivity contribution in [3.63, 3.8) is 0 Å². The van der Waals surface area contributed by atoms with Gasteiger partial charge in [0.2, 0.25) is 11.8 Å². The number of carbonyl (C=O) groups is 3. The van der Waals surface area contributed by atoms with Gasteiger partial charge in [-0.2, -0.15) is 0 Å². The summed E-state index contributed by atoms with van der Waals surface area (Å²) in [4.78, 5) is 43.0. The van der Waals surface area contributed by atoms with Crippen molar-refractivity contribution in [2.45, 2.75) is 76.7 Å². The van der Waals surface area contributed by atoms with Gasteiger partial charge in [0.05, 0.1) is 16.1 Å². The van der Waals surface area contributed by atoms with Crippen LogP contribution in [0.4, 0.5) is 4.79 Å². The second-order valence-electron chi connectivity index (χ2n) is 11.2. The van der Waals surface area contributed by atoms with Crippen LogP contribution in [0.5, 0.6) is 0 Å². The molecule has 0 aromatic heterocycles. The molecular formula is C30H38Cl2N4O4. The molecule has 10 heteroatoms. The van der Waals surface area contributed by atoms with Gasteiger partial charge < -0.3 is 20.6 Å². The Kier molecular flexibility index (Phi) is 10.3. The topological polar surface area (TPSA) is 102 Å². The van der Waals surface area contributed by atoms with Crippen LogP contribution in [0.2, 0.25) is 10.0 Å². The van der Waals surface area contributed by atoms with E-state index in [9.17, 15) is 19.5 Å². The normalized spacial score (nSPS) is 22.1. The zero-order chi connectivity index (χ0) is 28.8. The van der Waals surface area contributed by atoms with E-state index < -0.39 is 18.2 Å². The van der Waals surface area contributed by atoms with Gasteiger partial charge in [-0.1, -0.05) is 73.4 Å². The molecule has 0 aliphatic carbocycles. The average molecular weight is 590 g/mol. The molecule has 8 nitrogen and oxygen atoms in total. The van der Waals surface area contributed by atoms with Crippen LogP contribution < -0.4 is 10.6 Å². The highest BCUT2D eigenvalue weighted by molar-refractivity contribution is 6.42. The third-order valence-electron chi connectivity index (χ3n) is 7.84. The molecule has 4 atom stereocenters. The molecular weight excluding hydrogens is 551 g/mol. The maximum Gasteiger partial charge on any atom is 0.404 e. The summed E-state index contributed by atoms with van der Waals surface area (Å²) in [6.45, 7) is 5.30. The van der Waals surface area contributed by atoms with Crippen LogP contribution in [0.1, 0.15) is 50.7 Å². The molecule has 2 fully saturated rings. The standard InChI is InChI=1S/C30H38Cl2N4O4/c1-19(2)14-26(28(37)33-17-21-9-11-24(31)25(32)15-21)35-13-12-23(10-8-20-6-4-3-5-7-20)36-18-22(34-30(39)40)16-27(36)29(35)38/h3-7,9,11,15,19,22-23,26-27,34H,8,10,12-14,16-18H2,1-2H3,(H,33,37)(H,39,40)/t22-,23?,26-,27+/m1/s1. The molecule has 0 bridgehead atoms. The van der Waals surface area contributed by atoms with E-state index in [1.165, 1.54) is 5.56 Å². The predicted molar refractivity (Wildman–Crippen MR) is 156 cm³/mol. The van der Waals surface area contributed by atoms with Crippen molar-refractivity contribution in [3.05, 3.63) is 69.7 Å². The van der Waals surface area contributed by atoms with Gasteiger partial charge in [0.25, 0.3) is 0 Å². The van der Waals surface area contributed by atoms with E-state index in [4.69, 9.17) is 23.2 Å². The van der Waals surface area contributed by atoms with E-state index in [-0.39, 0.29) is 36.4 Å². The Labute approximate surface area is 246 Å². The third-order valence-corrected chi connectivity index (χ3v) is 8.58. The fourth-order valence-electron chi connectivity index (χ4n) is 5.92. The first-order valence-electron chi connectivity index (χ1n) is 13.9. The van der Waals surface area contributed by atoms with Gasteiger partial charge in [0.15, 0.2) is 0 Å². The van der Waals surface area contributed by atoms with Crippen molar-refractivity contribution in [3.8, 4) is 0 Å². The van der Waals surface area contributed by atoms with Crippen molar-refractivity contribution >= 4 is 41.1 Å². The van der Waals surface area contributed by atoms with Crippen molar-refractivity contribution in [2.75, 3.05) is 13.1 Å². The molecule has 0 spiro atoms. The Balaban J connectivity index is 1.53. The molecule has 3 N–H and O–H groups in total. The molecule has 2 saturated heterocycles. The molecule has 216 valence electrons. The summed E-state index contributed by atoms with van der Waals surface area (Å²) >= 11 is 12.2. The van der Waals surface area contributed by atoms with Crippen molar-refractivity contribution < 1.29 is 19.5 Å². The van der Waals surface area contributed by atoms with Gasteiger partial charge in [-0.25, -0.2) is 4.79 Å². The summed E-state index contributed by atoms with van der Waals surface area (Å²) in [6.07, 6.45) is 2.25. The smallest absolute Gasteiger partial charge is 0.404 e. The number of hydrogen-bond acceptors (Lipinski definition) is 4. The summed E-state index contributed by atoms with van der Waals surface area (Å²) in [7, 11) is 0. The summed E-state index contributed by atoms with van der Waals surface area (Å²) < 4.78 is 0. The molecule has 3 amide bonds. The zero-order valence-corrected chi connectivity index (χ0v) is 24.5. The average Bonchev–Trinajstić information content (AvgIpc) is 3.28. The Morgan fingerprint density at radius 1 is 1.07 bits per heavy atom. The lowest BCUT2D eigenvalue weighted by molar-refractivity contribution is -0.143. The molecule has 4 rings (SSSR count). The molecule has 1 unspecified atom stereocenters. The largest absolute Gasteiger partial charge is 0.465 e. The van der Waals surface area contributed by atoms with Crippen molar-refractivity contribution in [2.24, 2.45) is 5.92 Å². The summed E-state index contributed by atoms with van der Waals surface area (Å²) in [5.41, 5.74) is 2.05. The molecule has 0 radical (unpaired) electrons. The minimum atomic E-state index is -1.09. The Bertz CT molecular complexity index is 1200. The first-order valence-corrected chi connectivity index (χ1v) is 14.7. The van der Waals surface area contributed by atoms with Gasteiger partial charge in [-0.3, -0.25) is 14.5 Å². The number of carbonyl (C=O) groups excluding carboxylic acids is 2. The molecule has 2 aliphatic rings. The second kappa shape index (κ2) is 13.7. The first-order chi connectivity index (χ1) is 19.1. The lowest BCUT2D eigenvalue weighted by Crippen LogP contribution is -2.53. The van der Waals surface area contributed by atoms with E-state index in [0.29, 0.717) is 42.4 Å². The van der Waals surface area contributed by atoms with Crippen LogP contribution in [0, 0.1) is 5.92 Å². The van der Waals surface area contributed by atoms with Crippen molar-refractivity contribution in [1.82, 2.24) is 20.4 Å². The Morgan fingerprint density at radius 3 is 2.50 bits per heavy atom. The zero-order valence-electron chi connectivity index (χ0n) is 23.0. The number of carboxylic acid groups (broad SMARTS) is 1. The van der Waals surface area contributed by atoms with Crippen molar-refractivity contribution in [1.29, 1.82) is 0 Å². The van der Waals surface area contributed by atoms with Crippen LogP contribution in [-0.2, 0) is 22.6 Å². The summed E-state index contributed by atoms with van der Waals surface area (Å²) in [5, 5.41) is 15.8. The molecule has 2 aromatic carbocycles. The van der Waals surface area contributed by atoms with Gasteiger partial charge in [0, 0.05) is 31.7 Å². The number of rotatable bonds is 10. The number of benzene rings is 2. The number of fused-ring (bicyclic) bond motifs is 1. The van der Waals surface area contributed by atoms with Crippen LogP contribution in [-0.4, -0.2) is 70.1 Å². The highest BCUT2D eigenvalue weighted by Crippen LogP contribution is 2.31. The van der Waals surface area contributed by atoms with Gasteiger partial charge in [-0.15, -0.1) is 0 Å². The Hall–Kier alpha value is -2.81. The lowest BCUT2D eigenvalue weighted by atomic mass is 9.99. The minimum absolute atomic E-state index is 0.0960. The maximum absolute atomic E-state index is 14.1. The predicted octanol–water partition coefficient (Wildman–Crippen LogP) is 4.97. The van der Waals surface area contributed by atoms with Crippen LogP contribution in [0.3, 0.4) is 0 Å². The number of aryl methyl sites for hydroxylation is 1. The maximum atomic E-state index is 14.1. The minimum Gasteiger partial charge on any atom is -0.465 e. The van der Waals surface area contributed by atoms with E-state index in [1.54, 1.807) is 17.0 Å². The number of nitrogens with zero attached hydrogens (tertiary/aromatic N) is 2. The number of hydrogen-bond donors (Lipinski definition) is 3. The van der Waals surface area contributed by atoms with Crippen LogP contribution in [0.25, 0.3) is 0 Å². The molecule has 40 heavy (non-hydrogen) atoms. The summed E-state index contributed by atoms with van der Waals surface area (Å²) in [6, 6.07) is 14.1. The highest BCUT2D eigenvalue weighted by atomic mass is 35.5. The monoisotopic (exact) mass is 588 g/mol. The SMILES string of the molecule is CC(C)C[C@H](C(=O)NCc1ccc(Cl)c(Cl)c1)N1CCC(CCc2ccccc2)N2C[C@H](NC(=O)O)C[C@H]2C1=O. The molecule has 0 saturated carbocycles. The van der Waals surface area contributed by atoms with Gasteiger partial charge >= 0.3 is 6.09 Å². The Morgan fingerprint density at radius 2 is 1.82 bits per heavy atom. The summed E-state index contributed by atoms with van der Waals surface area (Å²) in [5.74, 6) is -0.125. The highest BCUT2D eigenvalue weighted by Gasteiger charge is 2.46. The van der Waals surface area contributed by atoms with Gasteiger partial charge in [0.1, 0.15) is 6.04 Å². The van der Waals surface area contributed by atoms with Gasteiger partial charge in [-0.05, 0) is 61.3 Å². The fourth-order valence-corrected chi connectivity index (χ4v) is 6.24. The number of halogens is 2. The number of amides is 3. The second-order valence-corrected chi connectivity index (χ2v) is 12.0. The number of nitrogens with one attached hydrogen (secondary N) is 2. The van der Waals surface area contributed by atoms with Crippen LogP contribution >= 0.6 is 23.2 Å². The van der Waals surface area contributed by atoms with Crippen LogP contribution in [0.15, 0.2) is 48.5 Å². The van der Waals surface area contributed by atoms with E-state index in [0.717, 1.165) is 18.4 Å². The first kappa shape index (κ1) is 30.2.